The number of benzene rings is 1. The van der Waals surface area contributed by atoms with Gasteiger partial charge in [0.1, 0.15) is 0 Å². The molecule has 3 nitrogen and oxygen atoms in total. The van der Waals surface area contributed by atoms with E-state index in [-0.39, 0.29) is 0 Å². The zero-order valence-corrected chi connectivity index (χ0v) is 12.0. The van der Waals surface area contributed by atoms with Crippen molar-refractivity contribution in [2.45, 2.75) is 19.9 Å². The number of likely N-dealkylation sites (N-methyl/N-ethyl adjacent to an activating group) is 2. The van der Waals surface area contributed by atoms with Crippen molar-refractivity contribution in [3.8, 4) is 0 Å². The lowest BCUT2D eigenvalue weighted by Crippen LogP contribution is -2.55. The van der Waals surface area contributed by atoms with Crippen LogP contribution >= 0.6 is 0 Å². The van der Waals surface area contributed by atoms with Crippen molar-refractivity contribution in [2.75, 3.05) is 45.2 Å². The first-order valence-electron chi connectivity index (χ1n) is 6.79. The summed E-state index contributed by atoms with van der Waals surface area (Å²) in [7, 11) is 4.25. The third-order valence-corrected chi connectivity index (χ3v) is 3.85. The summed E-state index contributed by atoms with van der Waals surface area (Å²) in [5.74, 6) is 0. The van der Waals surface area contributed by atoms with Crippen LogP contribution in [0, 0.1) is 13.8 Å². The summed E-state index contributed by atoms with van der Waals surface area (Å²) in [4.78, 5) is 5.01. The van der Waals surface area contributed by atoms with Crippen LogP contribution in [-0.2, 0) is 0 Å². The lowest BCUT2D eigenvalue weighted by Gasteiger charge is -2.42. The molecule has 100 valence electrons. The second-order valence-corrected chi connectivity index (χ2v) is 5.41. The van der Waals surface area contributed by atoms with Gasteiger partial charge in [-0.3, -0.25) is 0 Å². The van der Waals surface area contributed by atoms with Crippen molar-refractivity contribution in [2.24, 2.45) is 0 Å². The number of aryl methyl sites for hydroxylation is 2. The van der Waals surface area contributed by atoms with Gasteiger partial charge in [0, 0.05) is 31.9 Å². The highest BCUT2D eigenvalue weighted by Gasteiger charge is 2.26. The molecule has 1 aliphatic heterocycles. The molecule has 0 aromatic heterocycles. The summed E-state index contributed by atoms with van der Waals surface area (Å²) in [6.07, 6.45) is 0. The van der Waals surface area contributed by atoms with Gasteiger partial charge < -0.3 is 15.1 Å². The van der Waals surface area contributed by atoms with Crippen LogP contribution in [0.1, 0.15) is 11.1 Å². The third-order valence-electron chi connectivity index (χ3n) is 3.85. The SMILES string of the molecule is CNCC1CN(C)CCN1c1c(C)cccc1C. The Labute approximate surface area is 111 Å². The largest absolute Gasteiger partial charge is 0.364 e. The minimum absolute atomic E-state index is 0.563. The Bertz CT molecular complexity index is 382. The number of rotatable bonds is 3. The van der Waals surface area contributed by atoms with Gasteiger partial charge in [0.2, 0.25) is 0 Å². The molecule has 1 aromatic carbocycles. The van der Waals surface area contributed by atoms with Gasteiger partial charge in [0.15, 0.2) is 0 Å². The predicted octanol–water partition coefficient (Wildman–Crippen LogP) is 1.64. The van der Waals surface area contributed by atoms with Gasteiger partial charge in [0.25, 0.3) is 0 Å². The number of anilines is 1. The van der Waals surface area contributed by atoms with Crippen LogP contribution in [0.25, 0.3) is 0 Å². The van der Waals surface area contributed by atoms with E-state index >= 15 is 0 Å². The Morgan fingerprint density at radius 2 is 1.89 bits per heavy atom. The third kappa shape index (κ3) is 2.68. The minimum atomic E-state index is 0.563. The summed E-state index contributed by atoms with van der Waals surface area (Å²) >= 11 is 0. The number of para-hydroxylation sites is 1. The molecule has 2 rings (SSSR count). The highest BCUT2D eigenvalue weighted by Crippen LogP contribution is 2.27. The molecule has 3 heteroatoms. The van der Waals surface area contributed by atoms with Crippen molar-refractivity contribution < 1.29 is 0 Å². The van der Waals surface area contributed by atoms with Crippen molar-refractivity contribution in [1.82, 2.24) is 10.2 Å². The van der Waals surface area contributed by atoms with E-state index in [1.54, 1.807) is 0 Å². The molecule has 1 aromatic rings. The van der Waals surface area contributed by atoms with Crippen molar-refractivity contribution in [3.63, 3.8) is 0 Å². The van der Waals surface area contributed by atoms with Crippen molar-refractivity contribution in [1.29, 1.82) is 0 Å². The molecule has 0 bridgehead atoms. The van der Waals surface area contributed by atoms with Gasteiger partial charge in [0.05, 0.1) is 6.04 Å². The molecule has 1 unspecified atom stereocenters. The molecule has 1 atom stereocenters. The molecule has 0 radical (unpaired) electrons. The van der Waals surface area contributed by atoms with Gasteiger partial charge in [-0.2, -0.15) is 0 Å². The Morgan fingerprint density at radius 3 is 2.50 bits per heavy atom. The van der Waals surface area contributed by atoms with E-state index in [1.807, 2.05) is 7.05 Å². The lowest BCUT2D eigenvalue weighted by molar-refractivity contribution is 0.264. The average Bonchev–Trinajstić information content (AvgIpc) is 2.32. The summed E-state index contributed by atoms with van der Waals surface area (Å²) in [6, 6.07) is 7.15. The second kappa shape index (κ2) is 5.72. The Kier molecular flexibility index (Phi) is 4.25. The zero-order valence-electron chi connectivity index (χ0n) is 12.0. The molecule has 0 saturated carbocycles. The van der Waals surface area contributed by atoms with Crippen LogP contribution in [0.4, 0.5) is 5.69 Å². The van der Waals surface area contributed by atoms with E-state index in [0.717, 1.165) is 26.2 Å². The number of nitrogens with zero attached hydrogens (tertiary/aromatic N) is 2. The Hall–Kier alpha value is -1.06. The number of hydrogen-bond donors (Lipinski definition) is 1. The van der Waals surface area contributed by atoms with E-state index in [0.29, 0.717) is 6.04 Å². The fourth-order valence-corrected chi connectivity index (χ4v) is 2.97. The normalized spacial score (nSPS) is 21.3. The van der Waals surface area contributed by atoms with E-state index in [9.17, 15) is 0 Å². The summed E-state index contributed by atoms with van der Waals surface area (Å²) in [5, 5.41) is 3.33. The summed E-state index contributed by atoms with van der Waals surface area (Å²) < 4.78 is 0. The van der Waals surface area contributed by atoms with Gasteiger partial charge in [-0.15, -0.1) is 0 Å². The van der Waals surface area contributed by atoms with Crippen LogP contribution in [0.5, 0.6) is 0 Å². The van der Waals surface area contributed by atoms with Gasteiger partial charge >= 0.3 is 0 Å². The zero-order chi connectivity index (χ0) is 13.1. The Morgan fingerprint density at radius 1 is 1.22 bits per heavy atom. The predicted molar refractivity (Wildman–Crippen MR) is 78.5 cm³/mol. The molecule has 1 aliphatic rings. The lowest BCUT2D eigenvalue weighted by atomic mass is 10.0. The molecule has 18 heavy (non-hydrogen) atoms. The van der Waals surface area contributed by atoms with Crippen LogP contribution in [0.2, 0.25) is 0 Å². The maximum atomic E-state index is 3.33. The van der Waals surface area contributed by atoms with Crippen LogP contribution in [0.3, 0.4) is 0 Å². The first-order valence-corrected chi connectivity index (χ1v) is 6.79. The summed E-state index contributed by atoms with van der Waals surface area (Å²) in [6.45, 7) is 8.88. The molecular weight excluding hydrogens is 222 g/mol. The second-order valence-electron chi connectivity index (χ2n) is 5.41. The average molecular weight is 247 g/mol. The van der Waals surface area contributed by atoms with Gasteiger partial charge in [-0.25, -0.2) is 0 Å². The van der Waals surface area contributed by atoms with Crippen LogP contribution in [-0.4, -0.2) is 51.2 Å². The van der Waals surface area contributed by atoms with Gasteiger partial charge in [-0.1, -0.05) is 18.2 Å². The first kappa shape index (κ1) is 13.4. The number of hydrogen-bond acceptors (Lipinski definition) is 3. The maximum absolute atomic E-state index is 3.33. The van der Waals surface area contributed by atoms with Crippen molar-refractivity contribution >= 4 is 5.69 Å². The summed E-state index contributed by atoms with van der Waals surface area (Å²) in [5.41, 5.74) is 4.21. The standard InChI is InChI=1S/C15H25N3/c1-12-6-5-7-13(2)15(12)18-9-8-17(4)11-14(18)10-16-3/h5-7,14,16H,8-11H2,1-4H3. The van der Waals surface area contributed by atoms with Crippen LogP contribution in [0.15, 0.2) is 18.2 Å². The molecule has 1 N–H and O–H groups in total. The van der Waals surface area contributed by atoms with Crippen LogP contribution < -0.4 is 10.2 Å². The number of nitrogens with one attached hydrogen (secondary N) is 1. The monoisotopic (exact) mass is 247 g/mol. The molecule has 1 fully saturated rings. The minimum Gasteiger partial charge on any atom is -0.364 e. The quantitative estimate of drug-likeness (QED) is 0.876. The molecular formula is C15H25N3. The number of piperazine rings is 1. The maximum Gasteiger partial charge on any atom is 0.0542 e. The van der Waals surface area contributed by atoms with E-state index < -0.39 is 0 Å². The smallest absolute Gasteiger partial charge is 0.0542 e. The molecule has 0 amide bonds. The topological polar surface area (TPSA) is 18.5 Å². The first-order chi connectivity index (χ1) is 8.63. The Balaban J connectivity index is 2.29. The fraction of sp³-hybridized carbons (Fsp3) is 0.600. The highest BCUT2D eigenvalue weighted by atomic mass is 15.3. The van der Waals surface area contributed by atoms with E-state index in [4.69, 9.17) is 0 Å². The van der Waals surface area contributed by atoms with Gasteiger partial charge in [-0.05, 0) is 39.1 Å². The molecule has 1 saturated heterocycles. The molecule has 0 spiro atoms. The highest BCUT2D eigenvalue weighted by molar-refractivity contribution is 5.60. The molecule has 1 heterocycles. The van der Waals surface area contributed by atoms with Crippen molar-refractivity contribution in [3.05, 3.63) is 29.3 Å². The fourth-order valence-electron chi connectivity index (χ4n) is 2.97. The van der Waals surface area contributed by atoms with E-state index in [1.165, 1.54) is 16.8 Å². The van der Waals surface area contributed by atoms with E-state index in [2.05, 4.69) is 54.2 Å². The molecule has 0 aliphatic carbocycles.